The van der Waals surface area contributed by atoms with Crippen molar-refractivity contribution in [3.63, 3.8) is 0 Å². The number of nitrogens with one attached hydrogen (secondary N) is 1. The standard InChI is InChI=1S/C24H25Cl2F2N3O2/c25-16-4-5-19(26)18(13-16)24(33)31-9-1-2-22(31)23(32)29-17-7-10-30(11-8-17)14-15-3-6-20(27)21(28)12-15/h3-6,12-13,17,22H,1-2,7-11,14H2,(H,29,32). The van der Waals surface area contributed by atoms with Gasteiger partial charge in [0.1, 0.15) is 6.04 Å². The van der Waals surface area contributed by atoms with Crippen molar-refractivity contribution >= 4 is 35.0 Å². The molecule has 2 aliphatic rings. The maximum absolute atomic E-state index is 13.4. The van der Waals surface area contributed by atoms with Crippen LogP contribution < -0.4 is 5.32 Å². The number of hydrogen-bond donors (Lipinski definition) is 1. The number of nitrogens with zero attached hydrogens (tertiary/aromatic N) is 2. The number of amides is 2. The predicted octanol–water partition coefficient (Wildman–Crippen LogP) is 4.66. The van der Waals surface area contributed by atoms with E-state index in [-0.39, 0.29) is 17.9 Å². The third-order valence-corrected chi connectivity index (χ3v) is 6.86. The van der Waals surface area contributed by atoms with Crippen molar-refractivity contribution in [2.24, 2.45) is 0 Å². The Labute approximate surface area is 201 Å². The molecule has 5 nitrogen and oxygen atoms in total. The van der Waals surface area contributed by atoms with Crippen LogP contribution in [0.15, 0.2) is 36.4 Å². The Kier molecular flexibility index (Phi) is 7.51. The SMILES string of the molecule is O=C(NC1CCN(Cc2ccc(F)c(F)c2)CC1)C1CCCN1C(=O)c1cc(Cl)ccc1Cl. The van der Waals surface area contributed by atoms with E-state index in [1.54, 1.807) is 23.1 Å². The summed E-state index contributed by atoms with van der Waals surface area (Å²) < 4.78 is 26.6. The summed E-state index contributed by atoms with van der Waals surface area (Å²) in [4.78, 5) is 29.8. The Hall–Kier alpha value is -2.22. The van der Waals surface area contributed by atoms with Crippen LogP contribution in [0.2, 0.25) is 10.0 Å². The Morgan fingerprint density at radius 3 is 2.45 bits per heavy atom. The molecule has 0 aromatic heterocycles. The molecule has 33 heavy (non-hydrogen) atoms. The van der Waals surface area contributed by atoms with E-state index in [0.717, 1.165) is 44.0 Å². The molecule has 0 spiro atoms. The number of likely N-dealkylation sites (tertiary alicyclic amines) is 2. The van der Waals surface area contributed by atoms with E-state index in [4.69, 9.17) is 23.2 Å². The molecule has 1 atom stereocenters. The average molecular weight is 496 g/mol. The lowest BCUT2D eigenvalue weighted by molar-refractivity contribution is -0.125. The lowest BCUT2D eigenvalue weighted by Gasteiger charge is -2.33. The molecular formula is C24H25Cl2F2N3O2. The second-order valence-electron chi connectivity index (χ2n) is 8.59. The molecule has 0 bridgehead atoms. The highest BCUT2D eigenvalue weighted by molar-refractivity contribution is 6.35. The topological polar surface area (TPSA) is 52.7 Å². The summed E-state index contributed by atoms with van der Waals surface area (Å²) >= 11 is 12.2. The van der Waals surface area contributed by atoms with Gasteiger partial charge in [0.2, 0.25) is 5.91 Å². The fraction of sp³-hybridized carbons (Fsp3) is 0.417. The first kappa shape index (κ1) is 23.9. The van der Waals surface area contributed by atoms with E-state index in [0.29, 0.717) is 35.1 Å². The van der Waals surface area contributed by atoms with Crippen molar-refractivity contribution in [1.82, 2.24) is 15.1 Å². The molecule has 176 valence electrons. The van der Waals surface area contributed by atoms with Gasteiger partial charge in [-0.15, -0.1) is 0 Å². The minimum absolute atomic E-state index is 0.00557. The second-order valence-corrected chi connectivity index (χ2v) is 9.43. The molecule has 4 rings (SSSR count). The summed E-state index contributed by atoms with van der Waals surface area (Å²) in [5.74, 6) is -2.14. The molecule has 2 heterocycles. The van der Waals surface area contributed by atoms with Crippen LogP contribution in [0.3, 0.4) is 0 Å². The molecule has 0 saturated carbocycles. The first-order valence-electron chi connectivity index (χ1n) is 11.0. The molecule has 2 fully saturated rings. The van der Waals surface area contributed by atoms with Crippen molar-refractivity contribution in [3.8, 4) is 0 Å². The van der Waals surface area contributed by atoms with Crippen LogP contribution >= 0.6 is 23.2 Å². The third kappa shape index (κ3) is 5.65. The molecule has 2 aromatic rings. The zero-order chi connectivity index (χ0) is 23.5. The number of halogens is 4. The van der Waals surface area contributed by atoms with Crippen molar-refractivity contribution in [3.05, 3.63) is 69.2 Å². The summed E-state index contributed by atoms with van der Waals surface area (Å²) in [6, 6.07) is 8.15. The lowest BCUT2D eigenvalue weighted by atomic mass is 10.0. The maximum Gasteiger partial charge on any atom is 0.256 e. The van der Waals surface area contributed by atoms with Crippen molar-refractivity contribution in [1.29, 1.82) is 0 Å². The molecule has 2 amide bonds. The quantitative estimate of drug-likeness (QED) is 0.656. The van der Waals surface area contributed by atoms with Gasteiger partial charge in [0, 0.05) is 37.2 Å². The molecule has 0 aliphatic carbocycles. The number of rotatable bonds is 5. The van der Waals surface area contributed by atoms with Crippen molar-refractivity contribution < 1.29 is 18.4 Å². The van der Waals surface area contributed by atoms with Gasteiger partial charge in [0.15, 0.2) is 11.6 Å². The maximum atomic E-state index is 13.4. The van der Waals surface area contributed by atoms with Gasteiger partial charge in [-0.3, -0.25) is 14.5 Å². The van der Waals surface area contributed by atoms with Gasteiger partial charge in [0.25, 0.3) is 5.91 Å². The monoisotopic (exact) mass is 495 g/mol. The van der Waals surface area contributed by atoms with E-state index < -0.39 is 17.7 Å². The van der Waals surface area contributed by atoms with E-state index in [9.17, 15) is 18.4 Å². The van der Waals surface area contributed by atoms with Crippen LogP contribution in [0.25, 0.3) is 0 Å². The highest BCUT2D eigenvalue weighted by Crippen LogP contribution is 2.27. The minimum Gasteiger partial charge on any atom is -0.351 e. The average Bonchev–Trinajstić information content (AvgIpc) is 3.29. The van der Waals surface area contributed by atoms with Crippen molar-refractivity contribution in [2.45, 2.75) is 44.3 Å². The van der Waals surface area contributed by atoms with Crippen LogP contribution in [-0.2, 0) is 11.3 Å². The van der Waals surface area contributed by atoms with Gasteiger partial charge in [-0.2, -0.15) is 0 Å². The van der Waals surface area contributed by atoms with E-state index >= 15 is 0 Å². The Bertz CT molecular complexity index is 1040. The molecule has 1 N–H and O–H groups in total. The van der Waals surface area contributed by atoms with Gasteiger partial charge < -0.3 is 10.2 Å². The largest absolute Gasteiger partial charge is 0.351 e. The smallest absolute Gasteiger partial charge is 0.256 e. The van der Waals surface area contributed by atoms with Gasteiger partial charge in [-0.25, -0.2) is 8.78 Å². The van der Waals surface area contributed by atoms with Gasteiger partial charge in [0.05, 0.1) is 10.6 Å². The number of benzene rings is 2. The summed E-state index contributed by atoms with van der Waals surface area (Å²) in [5.41, 5.74) is 1.02. The molecule has 1 unspecified atom stereocenters. The van der Waals surface area contributed by atoms with Gasteiger partial charge >= 0.3 is 0 Å². The van der Waals surface area contributed by atoms with Gasteiger partial charge in [-0.05, 0) is 61.6 Å². The summed E-state index contributed by atoms with van der Waals surface area (Å²) in [5, 5.41) is 3.82. The number of carbonyl (C=O) groups is 2. The highest BCUT2D eigenvalue weighted by Gasteiger charge is 2.36. The Morgan fingerprint density at radius 2 is 1.73 bits per heavy atom. The second kappa shape index (κ2) is 10.4. The first-order valence-corrected chi connectivity index (χ1v) is 11.8. The molecule has 0 radical (unpaired) electrons. The zero-order valence-corrected chi connectivity index (χ0v) is 19.5. The predicted molar refractivity (Wildman–Crippen MR) is 123 cm³/mol. The summed E-state index contributed by atoms with van der Waals surface area (Å²) in [6.45, 7) is 2.49. The van der Waals surface area contributed by atoms with Crippen LogP contribution in [0.4, 0.5) is 8.78 Å². The lowest BCUT2D eigenvalue weighted by Crippen LogP contribution is -2.51. The van der Waals surface area contributed by atoms with Crippen LogP contribution in [0, 0.1) is 11.6 Å². The molecule has 2 aliphatic heterocycles. The van der Waals surface area contributed by atoms with E-state index in [2.05, 4.69) is 10.2 Å². The fourth-order valence-corrected chi connectivity index (χ4v) is 4.90. The molecule has 2 aromatic carbocycles. The highest BCUT2D eigenvalue weighted by atomic mass is 35.5. The minimum atomic E-state index is -0.850. The zero-order valence-electron chi connectivity index (χ0n) is 18.0. The normalized spacial score (nSPS) is 19.6. The molecule has 2 saturated heterocycles. The van der Waals surface area contributed by atoms with E-state index in [1.807, 2.05) is 0 Å². The number of carbonyl (C=O) groups excluding carboxylic acids is 2. The third-order valence-electron chi connectivity index (χ3n) is 6.30. The molecule has 9 heteroatoms. The van der Waals surface area contributed by atoms with Gasteiger partial charge in [-0.1, -0.05) is 29.3 Å². The Balaban J connectivity index is 1.31. The molecular weight excluding hydrogens is 471 g/mol. The van der Waals surface area contributed by atoms with Crippen LogP contribution in [0.1, 0.15) is 41.6 Å². The first-order chi connectivity index (χ1) is 15.8. The van der Waals surface area contributed by atoms with E-state index in [1.165, 1.54) is 12.1 Å². The van der Waals surface area contributed by atoms with Crippen LogP contribution in [0.5, 0.6) is 0 Å². The number of hydrogen-bond acceptors (Lipinski definition) is 3. The Morgan fingerprint density at radius 1 is 0.970 bits per heavy atom. The van der Waals surface area contributed by atoms with Crippen molar-refractivity contribution in [2.75, 3.05) is 19.6 Å². The summed E-state index contributed by atoms with van der Waals surface area (Å²) in [6.07, 6.45) is 2.84. The number of piperidine rings is 1. The fourth-order valence-electron chi connectivity index (χ4n) is 4.53. The summed E-state index contributed by atoms with van der Waals surface area (Å²) in [7, 11) is 0. The van der Waals surface area contributed by atoms with Crippen LogP contribution in [-0.4, -0.2) is 53.3 Å².